The third kappa shape index (κ3) is 4.50. The zero-order valence-electron chi connectivity index (χ0n) is 20.3. The summed E-state index contributed by atoms with van der Waals surface area (Å²) in [5.41, 5.74) is 8.57. The average Bonchev–Trinajstić information content (AvgIpc) is 3.52. The lowest BCUT2D eigenvalue weighted by Gasteiger charge is -2.48. The highest BCUT2D eigenvalue weighted by atomic mass is 16.5. The number of amides is 1. The van der Waals surface area contributed by atoms with Gasteiger partial charge in [0, 0.05) is 17.6 Å². The van der Waals surface area contributed by atoms with Gasteiger partial charge in [-0.3, -0.25) is 10.2 Å². The Morgan fingerprint density at radius 2 is 2.06 bits per heavy atom. The second-order valence-corrected chi connectivity index (χ2v) is 9.54. The molecule has 5 rings (SSSR count). The molecule has 1 aliphatic heterocycles. The van der Waals surface area contributed by atoms with Crippen LogP contribution in [0.2, 0.25) is 0 Å². The fourth-order valence-corrected chi connectivity index (χ4v) is 5.24. The Balaban J connectivity index is 1.46. The second-order valence-electron chi connectivity index (χ2n) is 9.54. The number of hydrogen-bond acceptors (Lipinski definition) is 8. The van der Waals surface area contributed by atoms with Crippen molar-refractivity contribution in [3.8, 4) is 5.75 Å². The monoisotopic (exact) mass is 478 g/mol. The van der Waals surface area contributed by atoms with Crippen LogP contribution in [0.15, 0.2) is 24.4 Å². The van der Waals surface area contributed by atoms with Crippen molar-refractivity contribution in [2.75, 3.05) is 22.2 Å². The van der Waals surface area contributed by atoms with Crippen molar-refractivity contribution in [3.63, 3.8) is 0 Å². The van der Waals surface area contributed by atoms with Crippen LogP contribution < -0.4 is 30.9 Å². The van der Waals surface area contributed by atoms with Crippen molar-refractivity contribution in [3.05, 3.63) is 30.0 Å². The zero-order chi connectivity index (χ0) is 24.5. The number of aromatic nitrogens is 2. The first-order valence-electron chi connectivity index (χ1n) is 12.5. The number of fused-ring (bicyclic) bond motifs is 1. The molecule has 0 radical (unpaired) electrons. The molecule has 35 heavy (non-hydrogen) atoms. The Kier molecular flexibility index (Phi) is 6.46. The van der Waals surface area contributed by atoms with Gasteiger partial charge in [-0.1, -0.05) is 19.8 Å². The summed E-state index contributed by atoms with van der Waals surface area (Å²) in [7, 11) is 1.58. The van der Waals surface area contributed by atoms with E-state index in [1.54, 1.807) is 30.3 Å². The fourth-order valence-electron chi connectivity index (χ4n) is 5.24. The fraction of sp³-hybridized carbons (Fsp3) is 0.520. The van der Waals surface area contributed by atoms with E-state index in [1.165, 1.54) is 19.2 Å². The van der Waals surface area contributed by atoms with Gasteiger partial charge in [0.1, 0.15) is 17.6 Å². The molecule has 1 amide bonds. The van der Waals surface area contributed by atoms with Crippen LogP contribution in [0.4, 0.5) is 23.1 Å². The van der Waals surface area contributed by atoms with Gasteiger partial charge in [0.15, 0.2) is 5.82 Å². The molecule has 2 saturated carbocycles. The molecular weight excluding hydrogens is 444 g/mol. The molecule has 2 atom stereocenters. The van der Waals surface area contributed by atoms with Gasteiger partial charge in [0.25, 0.3) is 5.91 Å². The summed E-state index contributed by atoms with van der Waals surface area (Å²) >= 11 is 0. The van der Waals surface area contributed by atoms with Gasteiger partial charge in [0.05, 0.1) is 31.4 Å². The van der Waals surface area contributed by atoms with Crippen molar-refractivity contribution < 1.29 is 9.53 Å². The van der Waals surface area contributed by atoms with Crippen molar-refractivity contribution >= 4 is 35.4 Å². The molecule has 2 aliphatic carbocycles. The average molecular weight is 479 g/mol. The van der Waals surface area contributed by atoms with Gasteiger partial charge in [-0.2, -0.15) is 4.98 Å². The topological polar surface area (TPSA) is 132 Å². The van der Waals surface area contributed by atoms with Gasteiger partial charge < -0.3 is 30.9 Å². The van der Waals surface area contributed by atoms with Crippen molar-refractivity contribution in [2.24, 2.45) is 5.73 Å². The van der Waals surface area contributed by atoms with Crippen LogP contribution in [0.3, 0.4) is 0 Å². The molecule has 1 aromatic heterocycles. The van der Waals surface area contributed by atoms with Crippen LogP contribution in [-0.4, -0.2) is 53.6 Å². The Morgan fingerprint density at radius 3 is 2.71 bits per heavy atom. The smallest absolute Gasteiger partial charge is 0.251 e. The predicted octanol–water partition coefficient (Wildman–Crippen LogP) is 3.36. The maximum Gasteiger partial charge on any atom is 0.251 e. The molecule has 1 aromatic carbocycles. The Hall–Kier alpha value is -3.40. The maximum absolute atomic E-state index is 12.4. The largest absolute Gasteiger partial charge is 0.495 e. The van der Waals surface area contributed by atoms with Gasteiger partial charge in [0.2, 0.25) is 5.95 Å². The van der Waals surface area contributed by atoms with Gasteiger partial charge in [-0.25, -0.2) is 4.98 Å². The SMILES string of the molecule is CCC1C(N)N(C=N)c2cnc(Nc3ccc(C(=O)NC4CC4)cc3OC)nc2N1C1CCCC1. The van der Waals surface area contributed by atoms with E-state index in [4.69, 9.17) is 20.9 Å². The van der Waals surface area contributed by atoms with Crippen molar-refractivity contribution in [1.29, 1.82) is 5.41 Å². The highest BCUT2D eigenvalue weighted by Crippen LogP contribution is 2.41. The third-order valence-electron chi connectivity index (χ3n) is 7.24. The minimum absolute atomic E-state index is 0.0498. The summed E-state index contributed by atoms with van der Waals surface area (Å²) in [6.07, 6.45) is 10.2. The van der Waals surface area contributed by atoms with E-state index in [1.807, 2.05) is 6.07 Å². The van der Waals surface area contributed by atoms with Crippen LogP contribution in [0.5, 0.6) is 5.75 Å². The first kappa shape index (κ1) is 23.3. The standard InChI is InChI=1S/C25H34N8O2/c1-3-19-22(27)32(14-26)20-13-28-25(31-23(20)33(19)17-6-4-5-7-17)30-18-11-8-15(12-21(18)35-2)24(34)29-16-9-10-16/h8,11-14,16-17,19,22,26H,3-7,9-10,27H2,1-2H3,(H,29,34)(H,28,30,31). The summed E-state index contributed by atoms with van der Waals surface area (Å²) in [6, 6.07) is 6.03. The Labute approximate surface area is 205 Å². The number of anilines is 4. The molecule has 2 unspecified atom stereocenters. The Bertz CT molecular complexity index is 1100. The summed E-state index contributed by atoms with van der Waals surface area (Å²) in [4.78, 5) is 26.0. The number of ether oxygens (including phenoxy) is 1. The molecule has 10 nitrogen and oxygen atoms in total. The normalized spacial score (nSPS) is 22.0. The molecule has 3 aliphatic rings. The molecule has 2 aromatic rings. The zero-order valence-corrected chi connectivity index (χ0v) is 20.3. The van der Waals surface area contributed by atoms with Crippen LogP contribution in [0.1, 0.15) is 62.2 Å². The van der Waals surface area contributed by atoms with E-state index in [0.717, 1.165) is 43.6 Å². The van der Waals surface area contributed by atoms with Crippen molar-refractivity contribution in [2.45, 2.75) is 76.2 Å². The number of methoxy groups -OCH3 is 1. The lowest BCUT2D eigenvalue weighted by molar-refractivity contribution is 0.0950. The van der Waals surface area contributed by atoms with Gasteiger partial charge in [-0.05, 0) is 50.3 Å². The number of carbonyl (C=O) groups is 1. The summed E-state index contributed by atoms with van der Waals surface area (Å²) in [5.74, 6) is 1.67. The number of nitrogens with one attached hydrogen (secondary N) is 3. The number of carbonyl (C=O) groups excluding carboxylic acids is 1. The number of nitrogens with zero attached hydrogens (tertiary/aromatic N) is 4. The molecule has 5 N–H and O–H groups in total. The predicted molar refractivity (Wildman–Crippen MR) is 137 cm³/mol. The van der Waals surface area contributed by atoms with Gasteiger partial charge >= 0.3 is 0 Å². The van der Waals surface area contributed by atoms with Crippen LogP contribution in [0.25, 0.3) is 0 Å². The van der Waals surface area contributed by atoms with Gasteiger partial charge in [-0.15, -0.1) is 0 Å². The molecule has 2 heterocycles. The van der Waals surface area contributed by atoms with Crippen molar-refractivity contribution in [1.82, 2.24) is 15.3 Å². The van der Waals surface area contributed by atoms with E-state index >= 15 is 0 Å². The van der Waals surface area contributed by atoms with E-state index in [0.29, 0.717) is 35.0 Å². The molecule has 0 spiro atoms. The first-order chi connectivity index (χ1) is 17.0. The highest BCUT2D eigenvalue weighted by Gasteiger charge is 2.41. The summed E-state index contributed by atoms with van der Waals surface area (Å²) < 4.78 is 5.56. The minimum Gasteiger partial charge on any atom is -0.495 e. The first-order valence-corrected chi connectivity index (χ1v) is 12.5. The molecule has 0 bridgehead atoms. The summed E-state index contributed by atoms with van der Waals surface area (Å²) in [6.45, 7) is 2.13. The van der Waals surface area contributed by atoms with E-state index in [2.05, 4.69) is 27.4 Å². The maximum atomic E-state index is 12.4. The number of benzene rings is 1. The number of rotatable bonds is 8. The highest BCUT2D eigenvalue weighted by molar-refractivity contribution is 5.95. The van der Waals surface area contributed by atoms with Crippen LogP contribution in [-0.2, 0) is 0 Å². The summed E-state index contributed by atoms with van der Waals surface area (Å²) in [5, 5.41) is 14.2. The lowest BCUT2D eigenvalue weighted by Crippen LogP contribution is -2.62. The lowest BCUT2D eigenvalue weighted by atomic mass is 10.0. The van der Waals surface area contributed by atoms with E-state index in [9.17, 15) is 4.79 Å². The Morgan fingerprint density at radius 1 is 1.29 bits per heavy atom. The molecule has 186 valence electrons. The molecular formula is C25H34N8O2. The van der Waals surface area contributed by atoms with E-state index in [-0.39, 0.29) is 18.1 Å². The minimum atomic E-state index is -0.331. The molecule has 10 heteroatoms. The van der Waals surface area contributed by atoms with E-state index < -0.39 is 0 Å². The third-order valence-corrected chi connectivity index (χ3v) is 7.24. The number of hydrogen-bond donors (Lipinski definition) is 4. The molecule has 2 fully saturated rings. The molecule has 0 saturated heterocycles. The van der Waals surface area contributed by atoms with Crippen LogP contribution >= 0.6 is 0 Å². The number of nitrogens with two attached hydrogens (primary N) is 1. The van der Waals surface area contributed by atoms with Crippen LogP contribution in [0, 0.1) is 5.41 Å². The second kappa shape index (κ2) is 9.69. The quantitative estimate of drug-likeness (QED) is 0.335.